The molecule has 2 N–H and O–H groups in total. The number of nitrogens with zero attached hydrogens (tertiary/aromatic N) is 3. The van der Waals surface area contributed by atoms with Crippen LogP contribution in [0, 0.1) is 23.3 Å². The molecule has 9 heteroatoms. The molecule has 29 heavy (non-hydrogen) atoms. The minimum Gasteiger partial charge on any atom is -0.340 e. The van der Waals surface area contributed by atoms with Crippen LogP contribution in [-0.4, -0.2) is 34.9 Å². The van der Waals surface area contributed by atoms with Gasteiger partial charge in [0.05, 0.1) is 23.1 Å². The Balaban J connectivity index is 1.89. The van der Waals surface area contributed by atoms with E-state index in [0.29, 0.717) is 12.5 Å². The average molecular weight is 410 g/mol. The van der Waals surface area contributed by atoms with E-state index in [0.717, 1.165) is 24.3 Å². The number of aromatic nitrogens is 2. The molecule has 1 fully saturated rings. The third kappa shape index (κ3) is 3.43. The maximum atomic E-state index is 14.4. The number of hydrogen-bond acceptors (Lipinski definition) is 3. The average Bonchev–Trinajstić information content (AvgIpc) is 3.02. The number of alkyl halides is 1. The summed E-state index contributed by atoms with van der Waals surface area (Å²) in [6.07, 6.45) is -0.988. The van der Waals surface area contributed by atoms with Crippen molar-refractivity contribution in [3.63, 3.8) is 0 Å². The Hall–Kier alpha value is -2.68. The standard InChI is InChI=1S/C20H19F5N4/c1-10(12-3-2-11(21)6-14(12)23)29-19-8-16(25)15(24)7-18(19)27-20(29)28-5-4-13(22)17(26)9-28/h2-3,6-8,10,13,17H,4-5,9,26H2,1H3/t10-,13?,17?/m0/s1. The van der Waals surface area contributed by atoms with E-state index in [-0.39, 0.29) is 29.6 Å². The van der Waals surface area contributed by atoms with Gasteiger partial charge in [0.1, 0.15) is 17.8 Å². The van der Waals surface area contributed by atoms with Gasteiger partial charge >= 0.3 is 0 Å². The highest BCUT2D eigenvalue weighted by Crippen LogP contribution is 2.34. The summed E-state index contributed by atoms with van der Waals surface area (Å²) in [4.78, 5) is 6.12. The van der Waals surface area contributed by atoms with E-state index in [1.165, 1.54) is 6.07 Å². The molecule has 3 aromatic rings. The van der Waals surface area contributed by atoms with Gasteiger partial charge in [-0.2, -0.15) is 0 Å². The van der Waals surface area contributed by atoms with Crippen LogP contribution in [0.3, 0.4) is 0 Å². The van der Waals surface area contributed by atoms with E-state index >= 15 is 0 Å². The number of anilines is 1. The minimum absolute atomic E-state index is 0.147. The predicted molar refractivity (Wildman–Crippen MR) is 99.5 cm³/mol. The molecule has 2 unspecified atom stereocenters. The lowest BCUT2D eigenvalue weighted by molar-refractivity contribution is 0.243. The van der Waals surface area contributed by atoms with Crippen LogP contribution in [-0.2, 0) is 0 Å². The molecule has 1 saturated heterocycles. The van der Waals surface area contributed by atoms with Crippen LogP contribution in [0.15, 0.2) is 30.3 Å². The number of hydrogen-bond donors (Lipinski definition) is 1. The summed E-state index contributed by atoms with van der Waals surface area (Å²) in [6.45, 7) is 2.08. The van der Waals surface area contributed by atoms with Gasteiger partial charge in [-0.1, -0.05) is 6.07 Å². The molecule has 0 radical (unpaired) electrons. The number of halogens is 5. The Bertz CT molecular complexity index is 1070. The zero-order chi connectivity index (χ0) is 20.9. The van der Waals surface area contributed by atoms with E-state index in [4.69, 9.17) is 5.73 Å². The second-order valence-electron chi connectivity index (χ2n) is 7.29. The number of fused-ring (bicyclic) bond motifs is 1. The van der Waals surface area contributed by atoms with Gasteiger partial charge in [-0.05, 0) is 19.4 Å². The zero-order valence-corrected chi connectivity index (χ0v) is 15.5. The Labute approximate surface area is 163 Å². The Morgan fingerprint density at radius 1 is 1.07 bits per heavy atom. The number of imidazole rings is 1. The van der Waals surface area contributed by atoms with Gasteiger partial charge in [-0.15, -0.1) is 0 Å². The summed E-state index contributed by atoms with van der Waals surface area (Å²) in [7, 11) is 0. The molecule has 0 saturated carbocycles. The maximum Gasteiger partial charge on any atom is 0.207 e. The quantitative estimate of drug-likeness (QED) is 0.662. The smallest absolute Gasteiger partial charge is 0.207 e. The molecule has 2 aromatic carbocycles. The van der Waals surface area contributed by atoms with E-state index < -0.39 is 41.5 Å². The Morgan fingerprint density at radius 2 is 1.79 bits per heavy atom. The third-order valence-electron chi connectivity index (χ3n) is 5.37. The van der Waals surface area contributed by atoms with Crippen LogP contribution in [0.25, 0.3) is 11.0 Å². The van der Waals surface area contributed by atoms with Crippen molar-refractivity contribution in [2.45, 2.75) is 31.6 Å². The largest absolute Gasteiger partial charge is 0.340 e. The summed E-state index contributed by atoms with van der Waals surface area (Å²) in [6, 6.07) is 3.66. The van der Waals surface area contributed by atoms with Gasteiger partial charge in [0.25, 0.3) is 0 Å². The molecule has 154 valence electrons. The van der Waals surface area contributed by atoms with E-state index in [9.17, 15) is 22.0 Å². The molecule has 2 heterocycles. The Morgan fingerprint density at radius 3 is 2.48 bits per heavy atom. The molecular weight excluding hydrogens is 391 g/mol. The zero-order valence-electron chi connectivity index (χ0n) is 15.5. The van der Waals surface area contributed by atoms with Crippen LogP contribution in [0.5, 0.6) is 0 Å². The molecular formula is C20H19F5N4. The molecule has 0 bridgehead atoms. The van der Waals surface area contributed by atoms with Crippen molar-refractivity contribution >= 4 is 17.0 Å². The fourth-order valence-corrected chi connectivity index (χ4v) is 3.80. The monoisotopic (exact) mass is 410 g/mol. The van der Waals surface area contributed by atoms with Crippen LogP contribution in [0.2, 0.25) is 0 Å². The highest BCUT2D eigenvalue weighted by molar-refractivity contribution is 5.79. The summed E-state index contributed by atoms with van der Waals surface area (Å²) < 4.78 is 70.9. The molecule has 3 atom stereocenters. The molecule has 4 rings (SSSR count). The van der Waals surface area contributed by atoms with Gasteiger partial charge < -0.3 is 15.2 Å². The molecule has 1 aliphatic rings. The number of piperidine rings is 1. The van der Waals surface area contributed by atoms with Crippen molar-refractivity contribution in [1.29, 1.82) is 0 Å². The molecule has 0 spiro atoms. The first-order chi connectivity index (χ1) is 13.8. The summed E-state index contributed by atoms with van der Waals surface area (Å²) in [5.74, 6) is -3.33. The first-order valence-corrected chi connectivity index (χ1v) is 9.22. The van der Waals surface area contributed by atoms with Gasteiger partial charge in [-0.3, -0.25) is 0 Å². The van der Waals surface area contributed by atoms with Crippen molar-refractivity contribution < 1.29 is 22.0 Å². The molecule has 0 aliphatic carbocycles. The topological polar surface area (TPSA) is 47.1 Å². The lowest BCUT2D eigenvalue weighted by Gasteiger charge is -2.35. The second kappa shape index (κ2) is 7.29. The van der Waals surface area contributed by atoms with Crippen LogP contribution in [0.4, 0.5) is 27.9 Å². The molecule has 0 amide bonds. The summed E-state index contributed by atoms with van der Waals surface area (Å²) in [5.41, 5.74) is 6.42. The van der Waals surface area contributed by atoms with Crippen molar-refractivity contribution in [1.82, 2.24) is 9.55 Å². The normalized spacial score (nSPS) is 21.0. The van der Waals surface area contributed by atoms with Crippen LogP contribution >= 0.6 is 0 Å². The second-order valence-corrected chi connectivity index (χ2v) is 7.29. The van der Waals surface area contributed by atoms with Crippen LogP contribution < -0.4 is 10.6 Å². The van der Waals surface area contributed by atoms with Crippen LogP contribution in [0.1, 0.15) is 24.9 Å². The highest BCUT2D eigenvalue weighted by atomic mass is 19.2. The third-order valence-corrected chi connectivity index (χ3v) is 5.37. The number of nitrogens with two attached hydrogens (primary N) is 1. The predicted octanol–water partition coefficient (Wildman–Crippen LogP) is 4.08. The van der Waals surface area contributed by atoms with Gasteiger partial charge in [-0.25, -0.2) is 26.9 Å². The number of benzene rings is 2. The fourth-order valence-electron chi connectivity index (χ4n) is 3.80. The Kier molecular flexibility index (Phi) is 4.94. The minimum atomic E-state index is -1.16. The lowest BCUT2D eigenvalue weighted by Crippen LogP contribution is -2.50. The molecule has 4 nitrogen and oxygen atoms in total. The molecule has 1 aromatic heterocycles. The number of rotatable bonds is 3. The first-order valence-electron chi connectivity index (χ1n) is 9.22. The van der Waals surface area contributed by atoms with Crippen molar-refractivity contribution in [3.8, 4) is 0 Å². The lowest BCUT2D eigenvalue weighted by atomic mass is 10.0. The maximum absolute atomic E-state index is 14.4. The van der Waals surface area contributed by atoms with E-state index in [2.05, 4.69) is 4.98 Å². The van der Waals surface area contributed by atoms with Gasteiger partial charge in [0.15, 0.2) is 11.6 Å². The summed E-state index contributed by atoms with van der Waals surface area (Å²) in [5, 5.41) is 0. The molecule has 1 aliphatic heterocycles. The van der Waals surface area contributed by atoms with Crippen molar-refractivity contribution in [2.24, 2.45) is 5.73 Å². The van der Waals surface area contributed by atoms with Crippen molar-refractivity contribution in [2.75, 3.05) is 18.0 Å². The SMILES string of the molecule is C[C@@H](c1ccc(F)cc1F)n1c(N2CCC(F)C(N)C2)nc2cc(F)c(F)cc21. The van der Waals surface area contributed by atoms with Gasteiger partial charge in [0, 0.05) is 36.9 Å². The van der Waals surface area contributed by atoms with Gasteiger partial charge in [0.2, 0.25) is 5.95 Å². The van der Waals surface area contributed by atoms with E-state index in [1.54, 1.807) is 16.4 Å². The van der Waals surface area contributed by atoms with E-state index in [1.807, 2.05) is 0 Å². The highest BCUT2D eigenvalue weighted by Gasteiger charge is 2.31. The van der Waals surface area contributed by atoms with Crippen molar-refractivity contribution in [3.05, 3.63) is 59.2 Å². The first kappa shape index (κ1) is 19.6. The fraction of sp³-hybridized carbons (Fsp3) is 0.350. The summed E-state index contributed by atoms with van der Waals surface area (Å²) >= 11 is 0.